The number of hydrogen-bond donors (Lipinski definition) is 2. The van der Waals surface area contributed by atoms with Gasteiger partial charge in [-0.25, -0.2) is 10.2 Å². The predicted molar refractivity (Wildman–Crippen MR) is 93.6 cm³/mol. The van der Waals surface area contributed by atoms with E-state index in [1.807, 2.05) is 0 Å². The van der Waals surface area contributed by atoms with Gasteiger partial charge < -0.3 is 0 Å². The van der Waals surface area contributed by atoms with Crippen LogP contribution in [0.3, 0.4) is 0 Å². The van der Waals surface area contributed by atoms with Crippen molar-refractivity contribution in [2.24, 2.45) is 0 Å². The first-order valence-electron chi connectivity index (χ1n) is 7.69. The Kier molecular flexibility index (Phi) is 5.02. The maximum absolute atomic E-state index is 11.0. The topological polar surface area (TPSA) is 80.0 Å². The quantitative estimate of drug-likeness (QED) is 0.486. The van der Waals surface area contributed by atoms with E-state index in [0.717, 1.165) is 12.8 Å². The van der Waals surface area contributed by atoms with Gasteiger partial charge in [-0.3, -0.25) is 10.0 Å². The fourth-order valence-corrected chi connectivity index (χ4v) is 3.51. The van der Waals surface area contributed by atoms with E-state index in [4.69, 9.17) is 5.21 Å². The molecule has 0 saturated carbocycles. The average Bonchev–Trinajstić information content (AvgIpc) is 3.15. The third kappa shape index (κ3) is 3.87. The summed E-state index contributed by atoms with van der Waals surface area (Å²) in [7, 11) is 0. The molecule has 0 atom stereocenters. The minimum absolute atomic E-state index is 0.561. The third-order valence-electron chi connectivity index (χ3n) is 3.73. The summed E-state index contributed by atoms with van der Waals surface area (Å²) in [4.78, 5) is 12.2. The number of carbonyl (C=O) groups is 1. The largest absolute Gasteiger partial charge is 0.288 e. The standard InChI is InChI=1S/C17H18N4O2S/c1-2-12-3-5-13-9-15(24-16(13)7-4-12)11-21-10-14(18-20-21)6-8-17(22)19-23/h3,5-10,23H,2,4,11H2,1H3,(H,19,22). The number of nitrogens with zero attached hydrogens (tertiary/aromatic N) is 3. The average molecular weight is 342 g/mol. The molecule has 1 aliphatic rings. The molecule has 0 unspecified atom stereocenters. The van der Waals surface area contributed by atoms with E-state index >= 15 is 0 Å². The number of carbonyl (C=O) groups excluding carboxylic acids is 1. The van der Waals surface area contributed by atoms with Crippen molar-refractivity contribution >= 4 is 35.5 Å². The van der Waals surface area contributed by atoms with Crippen LogP contribution in [-0.2, 0) is 11.3 Å². The van der Waals surface area contributed by atoms with Crippen LogP contribution in [0.2, 0.25) is 0 Å². The molecular formula is C17H18N4O2S. The van der Waals surface area contributed by atoms with Crippen molar-refractivity contribution < 1.29 is 10.0 Å². The molecule has 7 heteroatoms. The number of nitrogens with one attached hydrogen (secondary N) is 1. The highest BCUT2D eigenvalue weighted by atomic mass is 32.1. The smallest absolute Gasteiger partial charge is 0.267 e. The van der Waals surface area contributed by atoms with Crippen LogP contribution in [0.5, 0.6) is 0 Å². The maximum atomic E-state index is 11.0. The van der Waals surface area contributed by atoms with Crippen molar-refractivity contribution in [3.8, 4) is 0 Å². The minimum Gasteiger partial charge on any atom is -0.288 e. The van der Waals surface area contributed by atoms with Crippen LogP contribution in [0.25, 0.3) is 18.2 Å². The van der Waals surface area contributed by atoms with Crippen molar-refractivity contribution in [3.63, 3.8) is 0 Å². The molecule has 0 bridgehead atoms. The zero-order valence-electron chi connectivity index (χ0n) is 13.3. The zero-order chi connectivity index (χ0) is 16.9. The molecule has 2 aromatic heterocycles. The summed E-state index contributed by atoms with van der Waals surface area (Å²) in [6, 6.07) is 2.18. The minimum atomic E-state index is -0.600. The molecule has 2 aromatic rings. The molecular weight excluding hydrogens is 324 g/mol. The summed E-state index contributed by atoms with van der Waals surface area (Å²) in [5.74, 6) is -0.600. The number of thiophene rings is 1. The lowest BCUT2D eigenvalue weighted by Gasteiger charge is -1.96. The molecule has 0 fully saturated rings. The fraction of sp³-hybridized carbons (Fsp3) is 0.235. The Hall–Kier alpha value is -2.51. The maximum Gasteiger partial charge on any atom is 0.267 e. The van der Waals surface area contributed by atoms with Crippen LogP contribution in [0, 0.1) is 0 Å². The van der Waals surface area contributed by atoms with Gasteiger partial charge in [0.15, 0.2) is 0 Å². The van der Waals surface area contributed by atoms with Crippen LogP contribution < -0.4 is 15.2 Å². The number of rotatable bonds is 5. The molecule has 24 heavy (non-hydrogen) atoms. The SMILES string of the molecule is CCC1=CC=c2cc(Cn3cc(C=CC(=O)NO)nn3)sc2=CC1. The predicted octanol–water partition coefficient (Wildman–Crippen LogP) is 1.21. The molecule has 2 heterocycles. The number of hydroxylamine groups is 1. The van der Waals surface area contributed by atoms with Gasteiger partial charge in [-0.2, -0.15) is 0 Å². The summed E-state index contributed by atoms with van der Waals surface area (Å²) in [5, 5.41) is 17.7. The van der Waals surface area contributed by atoms with Crippen LogP contribution in [0.1, 0.15) is 30.3 Å². The lowest BCUT2D eigenvalue weighted by molar-refractivity contribution is -0.124. The highest BCUT2D eigenvalue weighted by Gasteiger charge is 2.04. The summed E-state index contributed by atoms with van der Waals surface area (Å²) in [6.45, 7) is 2.82. The van der Waals surface area contributed by atoms with Crippen molar-refractivity contribution in [2.75, 3.05) is 0 Å². The molecule has 124 valence electrons. The number of aromatic nitrogens is 3. The van der Waals surface area contributed by atoms with Crippen LogP contribution in [0.15, 0.2) is 30.0 Å². The van der Waals surface area contributed by atoms with E-state index in [-0.39, 0.29) is 0 Å². The van der Waals surface area contributed by atoms with Crippen molar-refractivity contribution in [1.82, 2.24) is 20.5 Å². The molecule has 0 aliphatic heterocycles. The van der Waals surface area contributed by atoms with Gasteiger partial charge in [0.2, 0.25) is 0 Å². The van der Waals surface area contributed by atoms with Gasteiger partial charge in [-0.05, 0) is 30.2 Å². The second kappa shape index (κ2) is 7.37. The molecule has 6 nitrogen and oxygen atoms in total. The third-order valence-corrected chi connectivity index (χ3v) is 4.87. The molecule has 1 amide bonds. The Labute approximate surface area is 143 Å². The van der Waals surface area contributed by atoms with Gasteiger partial charge in [-0.1, -0.05) is 35.9 Å². The van der Waals surface area contributed by atoms with E-state index < -0.39 is 5.91 Å². The molecule has 2 N–H and O–H groups in total. The Morgan fingerprint density at radius 2 is 2.38 bits per heavy atom. The van der Waals surface area contributed by atoms with Gasteiger partial charge in [-0.15, -0.1) is 16.4 Å². The van der Waals surface area contributed by atoms with Crippen molar-refractivity contribution in [3.05, 3.63) is 50.3 Å². The first-order chi connectivity index (χ1) is 11.7. The number of fused-ring (bicyclic) bond motifs is 1. The molecule has 0 radical (unpaired) electrons. The molecule has 1 aliphatic carbocycles. The second-order valence-electron chi connectivity index (χ2n) is 5.44. The van der Waals surface area contributed by atoms with E-state index in [1.54, 1.807) is 22.2 Å². The summed E-state index contributed by atoms with van der Waals surface area (Å²) in [6.07, 6.45) is 13.2. The highest BCUT2D eigenvalue weighted by Crippen LogP contribution is 2.11. The van der Waals surface area contributed by atoms with E-state index in [0.29, 0.717) is 12.2 Å². The van der Waals surface area contributed by atoms with Gasteiger partial charge in [0, 0.05) is 15.5 Å². The van der Waals surface area contributed by atoms with E-state index in [2.05, 4.69) is 41.5 Å². The van der Waals surface area contributed by atoms with Gasteiger partial charge >= 0.3 is 0 Å². The first-order valence-corrected chi connectivity index (χ1v) is 8.50. The normalized spacial score (nSPS) is 13.7. The number of hydrogen-bond acceptors (Lipinski definition) is 5. The van der Waals surface area contributed by atoms with Crippen molar-refractivity contribution in [2.45, 2.75) is 26.3 Å². The summed E-state index contributed by atoms with van der Waals surface area (Å²) >= 11 is 1.76. The Balaban J connectivity index is 1.76. The lowest BCUT2D eigenvalue weighted by Crippen LogP contribution is -2.15. The molecule has 0 saturated heterocycles. The lowest BCUT2D eigenvalue weighted by atomic mass is 10.1. The highest BCUT2D eigenvalue weighted by molar-refractivity contribution is 7.09. The molecule has 3 rings (SSSR count). The number of allylic oxidation sites excluding steroid dienone is 2. The first kappa shape index (κ1) is 16.4. The van der Waals surface area contributed by atoms with Crippen LogP contribution in [0.4, 0.5) is 0 Å². The Morgan fingerprint density at radius 3 is 3.17 bits per heavy atom. The fourth-order valence-electron chi connectivity index (χ4n) is 2.43. The van der Waals surface area contributed by atoms with Crippen molar-refractivity contribution in [1.29, 1.82) is 0 Å². The van der Waals surface area contributed by atoms with E-state index in [1.165, 1.54) is 37.8 Å². The Morgan fingerprint density at radius 1 is 1.50 bits per heavy atom. The van der Waals surface area contributed by atoms with E-state index in [9.17, 15) is 4.79 Å². The Bertz CT molecular complexity index is 921. The van der Waals surface area contributed by atoms with Crippen LogP contribution in [-0.4, -0.2) is 26.1 Å². The molecule has 0 aromatic carbocycles. The van der Waals surface area contributed by atoms with Gasteiger partial charge in [0.05, 0.1) is 12.7 Å². The monoisotopic (exact) mass is 342 g/mol. The number of amides is 1. The van der Waals surface area contributed by atoms with Crippen LogP contribution >= 0.6 is 11.3 Å². The zero-order valence-corrected chi connectivity index (χ0v) is 14.1. The summed E-state index contributed by atoms with van der Waals surface area (Å²) in [5.41, 5.74) is 3.54. The molecule has 0 spiro atoms. The van der Waals surface area contributed by atoms with Gasteiger partial charge in [0.25, 0.3) is 5.91 Å². The summed E-state index contributed by atoms with van der Waals surface area (Å²) < 4.78 is 3.03. The second-order valence-corrected chi connectivity index (χ2v) is 6.60. The van der Waals surface area contributed by atoms with Gasteiger partial charge in [0.1, 0.15) is 5.69 Å².